The molecule has 0 amide bonds. The van der Waals surface area contributed by atoms with Gasteiger partial charge in [0.1, 0.15) is 5.75 Å². The number of aryl methyl sites for hydroxylation is 1. The lowest BCUT2D eigenvalue weighted by Gasteiger charge is -1.99. The lowest BCUT2D eigenvalue weighted by Crippen LogP contribution is -1.85. The zero-order valence-corrected chi connectivity index (χ0v) is 7.16. The first-order chi connectivity index (χ1) is 5.81. The summed E-state index contributed by atoms with van der Waals surface area (Å²) in [5, 5.41) is 1.16. The molecule has 12 heavy (non-hydrogen) atoms. The molecule has 0 unspecified atom stereocenters. The molecule has 61 valence electrons. The Morgan fingerprint density at radius 2 is 2.25 bits per heavy atom. The zero-order valence-electron chi connectivity index (χ0n) is 7.16. The van der Waals surface area contributed by atoms with Crippen molar-refractivity contribution in [2.24, 2.45) is 7.05 Å². The lowest BCUT2D eigenvalue weighted by atomic mass is 10.2. The predicted molar refractivity (Wildman–Crippen MR) is 48.3 cm³/mol. The standard InChI is InChI=1S/C10H10NO/c1-11-6-5-8-7-9(12-2)3-4-10(8)11/h3-5,7H,1-2H3. The monoisotopic (exact) mass is 160 g/mol. The fourth-order valence-corrected chi connectivity index (χ4v) is 1.32. The Balaban J connectivity index is 2.69. The van der Waals surface area contributed by atoms with Gasteiger partial charge in [-0.1, -0.05) is 0 Å². The molecular formula is C10H10NO. The van der Waals surface area contributed by atoms with Gasteiger partial charge in [0, 0.05) is 18.0 Å². The van der Waals surface area contributed by atoms with Crippen LogP contribution in [-0.4, -0.2) is 11.7 Å². The Kier molecular flexibility index (Phi) is 1.54. The van der Waals surface area contributed by atoms with E-state index in [9.17, 15) is 0 Å². The van der Waals surface area contributed by atoms with Gasteiger partial charge < -0.3 is 9.30 Å². The molecule has 0 bridgehead atoms. The first-order valence-electron chi connectivity index (χ1n) is 3.82. The van der Waals surface area contributed by atoms with Crippen LogP contribution in [0.25, 0.3) is 10.9 Å². The van der Waals surface area contributed by atoms with Crippen molar-refractivity contribution in [3.63, 3.8) is 0 Å². The maximum absolute atomic E-state index is 5.11. The molecule has 1 heterocycles. The molecule has 2 nitrogen and oxygen atoms in total. The first-order valence-corrected chi connectivity index (χ1v) is 3.82. The van der Waals surface area contributed by atoms with Crippen molar-refractivity contribution in [3.8, 4) is 5.75 Å². The molecule has 0 spiro atoms. The zero-order chi connectivity index (χ0) is 8.55. The molecule has 1 aromatic carbocycles. The Morgan fingerprint density at radius 1 is 1.42 bits per heavy atom. The van der Waals surface area contributed by atoms with E-state index < -0.39 is 0 Å². The third-order valence-corrected chi connectivity index (χ3v) is 2.01. The van der Waals surface area contributed by atoms with Gasteiger partial charge in [-0.2, -0.15) is 0 Å². The van der Waals surface area contributed by atoms with E-state index in [0.717, 1.165) is 11.1 Å². The average Bonchev–Trinajstić information content (AvgIpc) is 2.47. The minimum absolute atomic E-state index is 0.891. The van der Waals surface area contributed by atoms with Crippen molar-refractivity contribution in [3.05, 3.63) is 30.5 Å². The molecule has 2 aromatic rings. The largest absolute Gasteiger partial charge is 0.497 e. The summed E-state index contributed by atoms with van der Waals surface area (Å²) in [7, 11) is 3.66. The highest BCUT2D eigenvalue weighted by atomic mass is 16.5. The van der Waals surface area contributed by atoms with Crippen molar-refractivity contribution in [1.29, 1.82) is 0 Å². The summed E-state index contributed by atoms with van der Waals surface area (Å²) in [6, 6.07) is 7.95. The summed E-state index contributed by atoms with van der Waals surface area (Å²) in [4.78, 5) is 0. The van der Waals surface area contributed by atoms with E-state index in [4.69, 9.17) is 4.74 Å². The molecule has 0 aliphatic heterocycles. The normalized spacial score (nSPS) is 10.5. The van der Waals surface area contributed by atoms with Crippen molar-refractivity contribution in [1.82, 2.24) is 4.57 Å². The van der Waals surface area contributed by atoms with Crippen LogP contribution in [0.4, 0.5) is 0 Å². The molecule has 0 aliphatic rings. The minimum atomic E-state index is 0.891. The smallest absolute Gasteiger partial charge is 0.119 e. The van der Waals surface area contributed by atoms with Gasteiger partial charge in [-0.05, 0) is 24.3 Å². The van der Waals surface area contributed by atoms with Gasteiger partial charge in [0.05, 0.1) is 13.3 Å². The van der Waals surface area contributed by atoms with Crippen LogP contribution in [0, 0.1) is 6.20 Å². The van der Waals surface area contributed by atoms with Crippen LogP contribution in [0.15, 0.2) is 24.3 Å². The number of rotatable bonds is 1. The average molecular weight is 160 g/mol. The third kappa shape index (κ3) is 0.961. The van der Waals surface area contributed by atoms with Gasteiger partial charge in [-0.3, -0.25) is 0 Å². The molecule has 2 rings (SSSR count). The second-order valence-corrected chi connectivity index (χ2v) is 2.76. The molecule has 0 N–H and O–H groups in total. The Bertz CT molecular complexity index is 403. The Morgan fingerprint density at radius 3 is 3.00 bits per heavy atom. The SMILES string of the molecule is COc1ccc2c(c[c]n2C)c1. The molecule has 1 radical (unpaired) electrons. The lowest BCUT2D eigenvalue weighted by molar-refractivity contribution is 0.415. The second kappa shape index (κ2) is 2.55. The van der Waals surface area contributed by atoms with Gasteiger partial charge >= 0.3 is 0 Å². The molecule has 0 fully saturated rings. The number of benzene rings is 1. The maximum atomic E-state index is 5.11. The van der Waals surface area contributed by atoms with E-state index in [2.05, 4.69) is 6.20 Å². The van der Waals surface area contributed by atoms with Crippen LogP contribution in [0.2, 0.25) is 0 Å². The first kappa shape index (κ1) is 7.22. The van der Waals surface area contributed by atoms with Crippen LogP contribution >= 0.6 is 0 Å². The minimum Gasteiger partial charge on any atom is -0.497 e. The summed E-state index contributed by atoms with van der Waals surface area (Å²) >= 11 is 0. The molecular weight excluding hydrogens is 150 g/mol. The fraction of sp³-hybridized carbons (Fsp3) is 0.200. The summed E-state index contributed by atoms with van der Waals surface area (Å²) in [5.74, 6) is 0.891. The number of hydrogen-bond donors (Lipinski definition) is 0. The number of fused-ring (bicyclic) bond motifs is 1. The van der Waals surface area contributed by atoms with Crippen LogP contribution in [0.5, 0.6) is 5.75 Å². The van der Waals surface area contributed by atoms with Crippen LogP contribution < -0.4 is 4.74 Å². The fourth-order valence-electron chi connectivity index (χ4n) is 1.32. The van der Waals surface area contributed by atoms with E-state index >= 15 is 0 Å². The molecule has 0 aliphatic carbocycles. The van der Waals surface area contributed by atoms with Gasteiger partial charge in [-0.15, -0.1) is 0 Å². The summed E-state index contributed by atoms with van der Waals surface area (Å²) in [6.07, 6.45) is 3.09. The van der Waals surface area contributed by atoms with Gasteiger partial charge in [0.15, 0.2) is 0 Å². The third-order valence-electron chi connectivity index (χ3n) is 2.01. The Labute approximate surface area is 71.4 Å². The Hall–Kier alpha value is -1.44. The van der Waals surface area contributed by atoms with Crippen molar-refractivity contribution in [2.75, 3.05) is 7.11 Å². The van der Waals surface area contributed by atoms with E-state index in [-0.39, 0.29) is 0 Å². The predicted octanol–water partition coefficient (Wildman–Crippen LogP) is 1.99. The molecule has 1 aromatic heterocycles. The number of aromatic nitrogens is 1. The van der Waals surface area contributed by atoms with Gasteiger partial charge in [0.25, 0.3) is 0 Å². The molecule has 0 saturated heterocycles. The van der Waals surface area contributed by atoms with Crippen molar-refractivity contribution in [2.45, 2.75) is 0 Å². The van der Waals surface area contributed by atoms with E-state index in [0.29, 0.717) is 0 Å². The molecule has 0 atom stereocenters. The van der Waals surface area contributed by atoms with E-state index in [1.807, 2.05) is 35.9 Å². The van der Waals surface area contributed by atoms with E-state index in [1.165, 1.54) is 5.52 Å². The molecule has 2 heteroatoms. The van der Waals surface area contributed by atoms with Crippen LogP contribution in [0.1, 0.15) is 0 Å². The maximum Gasteiger partial charge on any atom is 0.119 e. The quantitative estimate of drug-likeness (QED) is 0.622. The summed E-state index contributed by atoms with van der Waals surface area (Å²) in [5.41, 5.74) is 1.18. The van der Waals surface area contributed by atoms with Crippen LogP contribution in [0.3, 0.4) is 0 Å². The van der Waals surface area contributed by atoms with Crippen molar-refractivity contribution >= 4 is 10.9 Å². The van der Waals surface area contributed by atoms with Crippen molar-refractivity contribution < 1.29 is 4.74 Å². The highest BCUT2D eigenvalue weighted by Gasteiger charge is 1.98. The van der Waals surface area contributed by atoms with Crippen LogP contribution in [-0.2, 0) is 7.05 Å². The number of hydrogen-bond acceptors (Lipinski definition) is 1. The second-order valence-electron chi connectivity index (χ2n) is 2.76. The summed E-state index contributed by atoms with van der Waals surface area (Å²) in [6.45, 7) is 0. The highest BCUT2D eigenvalue weighted by molar-refractivity contribution is 5.81. The molecule has 0 saturated carbocycles. The number of nitrogens with zero attached hydrogens (tertiary/aromatic N) is 1. The van der Waals surface area contributed by atoms with Gasteiger partial charge in [0.2, 0.25) is 0 Å². The number of ether oxygens (including phenoxy) is 1. The number of methoxy groups -OCH3 is 1. The summed E-state index contributed by atoms with van der Waals surface area (Å²) < 4.78 is 7.08. The van der Waals surface area contributed by atoms with E-state index in [1.54, 1.807) is 7.11 Å². The van der Waals surface area contributed by atoms with Gasteiger partial charge in [-0.25, -0.2) is 0 Å². The topological polar surface area (TPSA) is 14.2 Å². The highest BCUT2D eigenvalue weighted by Crippen LogP contribution is 2.20.